The monoisotopic (exact) mass is 211 g/mol. The summed E-state index contributed by atoms with van der Waals surface area (Å²) in [6, 6.07) is 0. The van der Waals surface area contributed by atoms with Crippen molar-refractivity contribution in [3.63, 3.8) is 0 Å². The van der Waals surface area contributed by atoms with Crippen molar-refractivity contribution in [3.05, 3.63) is 24.3 Å². The maximum atomic E-state index is 11.5. The topological polar surface area (TPSA) is 54.9 Å². The number of rotatable bonds is 4. The SMILES string of the molecule is CSC(C)CNC(=O)c1cncnc1. The Morgan fingerprint density at radius 1 is 1.57 bits per heavy atom. The smallest absolute Gasteiger partial charge is 0.254 e. The van der Waals surface area contributed by atoms with Crippen LogP contribution >= 0.6 is 11.8 Å². The number of aromatic nitrogens is 2. The molecule has 0 aliphatic carbocycles. The van der Waals surface area contributed by atoms with Gasteiger partial charge in [-0.05, 0) is 6.26 Å². The summed E-state index contributed by atoms with van der Waals surface area (Å²) >= 11 is 1.72. The minimum absolute atomic E-state index is 0.119. The number of carbonyl (C=O) groups excluding carboxylic acids is 1. The minimum Gasteiger partial charge on any atom is -0.351 e. The van der Waals surface area contributed by atoms with Crippen LogP contribution in [0.4, 0.5) is 0 Å². The van der Waals surface area contributed by atoms with Gasteiger partial charge in [-0.25, -0.2) is 9.97 Å². The third kappa shape index (κ3) is 3.33. The van der Waals surface area contributed by atoms with Gasteiger partial charge in [-0.15, -0.1) is 0 Å². The van der Waals surface area contributed by atoms with Gasteiger partial charge in [0.05, 0.1) is 5.56 Å². The maximum absolute atomic E-state index is 11.5. The molecule has 1 atom stereocenters. The molecule has 0 saturated carbocycles. The van der Waals surface area contributed by atoms with Crippen LogP contribution in [-0.4, -0.2) is 33.9 Å². The molecular formula is C9H13N3OS. The molecule has 1 amide bonds. The first-order chi connectivity index (χ1) is 6.74. The molecule has 5 heteroatoms. The maximum Gasteiger partial charge on any atom is 0.254 e. The van der Waals surface area contributed by atoms with E-state index in [1.807, 2.05) is 6.26 Å². The molecule has 1 rings (SSSR count). The van der Waals surface area contributed by atoms with Crippen LogP contribution in [0.3, 0.4) is 0 Å². The summed E-state index contributed by atoms with van der Waals surface area (Å²) in [4.78, 5) is 19.0. The molecule has 0 bridgehead atoms. The van der Waals surface area contributed by atoms with E-state index in [0.29, 0.717) is 17.4 Å². The van der Waals surface area contributed by atoms with Crippen LogP contribution in [0, 0.1) is 0 Å². The van der Waals surface area contributed by atoms with Crippen molar-refractivity contribution in [2.75, 3.05) is 12.8 Å². The second kappa shape index (κ2) is 5.59. The lowest BCUT2D eigenvalue weighted by atomic mass is 10.3. The summed E-state index contributed by atoms with van der Waals surface area (Å²) < 4.78 is 0. The number of thioether (sulfide) groups is 1. The molecule has 0 fully saturated rings. The van der Waals surface area contributed by atoms with E-state index in [-0.39, 0.29) is 5.91 Å². The van der Waals surface area contributed by atoms with Crippen molar-refractivity contribution in [1.29, 1.82) is 0 Å². The molecule has 14 heavy (non-hydrogen) atoms. The van der Waals surface area contributed by atoms with Crippen molar-refractivity contribution in [3.8, 4) is 0 Å². The van der Waals surface area contributed by atoms with E-state index in [1.54, 1.807) is 11.8 Å². The van der Waals surface area contributed by atoms with Gasteiger partial charge in [0.2, 0.25) is 0 Å². The van der Waals surface area contributed by atoms with Crippen molar-refractivity contribution in [2.45, 2.75) is 12.2 Å². The van der Waals surface area contributed by atoms with Crippen LogP contribution in [0.25, 0.3) is 0 Å². The van der Waals surface area contributed by atoms with Crippen molar-refractivity contribution < 1.29 is 4.79 Å². The van der Waals surface area contributed by atoms with Crippen LogP contribution in [0.2, 0.25) is 0 Å². The van der Waals surface area contributed by atoms with Crippen LogP contribution < -0.4 is 5.32 Å². The molecule has 1 aromatic heterocycles. The first-order valence-corrected chi connectivity index (χ1v) is 5.59. The molecule has 1 heterocycles. The molecule has 0 saturated heterocycles. The lowest BCUT2D eigenvalue weighted by Crippen LogP contribution is -2.29. The van der Waals surface area contributed by atoms with Crippen LogP contribution in [0.5, 0.6) is 0 Å². The van der Waals surface area contributed by atoms with Crippen LogP contribution in [-0.2, 0) is 0 Å². The zero-order valence-corrected chi connectivity index (χ0v) is 9.04. The van der Waals surface area contributed by atoms with Crippen LogP contribution in [0.15, 0.2) is 18.7 Å². The van der Waals surface area contributed by atoms with Gasteiger partial charge < -0.3 is 5.32 Å². The normalized spacial score (nSPS) is 12.1. The molecule has 1 aromatic rings. The van der Waals surface area contributed by atoms with Gasteiger partial charge in [-0.3, -0.25) is 4.79 Å². The highest BCUT2D eigenvalue weighted by atomic mass is 32.2. The van der Waals surface area contributed by atoms with Gasteiger partial charge in [0.25, 0.3) is 5.91 Å². The summed E-state index contributed by atoms with van der Waals surface area (Å²) in [5.41, 5.74) is 0.501. The van der Waals surface area contributed by atoms with E-state index in [9.17, 15) is 4.79 Å². The largest absolute Gasteiger partial charge is 0.351 e. The number of nitrogens with one attached hydrogen (secondary N) is 1. The van der Waals surface area contributed by atoms with E-state index in [4.69, 9.17) is 0 Å². The molecule has 76 valence electrons. The number of hydrogen-bond donors (Lipinski definition) is 1. The molecular weight excluding hydrogens is 198 g/mol. The van der Waals surface area contributed by atoms with E-state index in [1.165, 1.54) is 18.7 Å². The Bertz CT molecular complexity index is 291. The Labute approximate surface area is 87.5 Å². The fourth-order valence-electron chi connectivity index (χ4n) is 0.838. The number of hydrogen-bond acceptors (Lipinski definition) is 4. The highest BCUT2D eigenvalue weighted by molar-refractivity contribution is 7.99. The Hall–Kier alpha value is -1.10. The predicted molar refractivity (Wildman–Crippen MR) is 57.3 cm³/mol. The van der Waals surface area contributed by atoms with Crippen molar-refractivity contribution in [2.24, 2.45) is 0 Å². The van der Waals surface area contributed by atoms with Gasteiger partial charge >= 0.3 is 0 Å². The van der Waals surface area contributed by atoms with Crippen molar-refractivity contribution in [1.82, 2.24) is 15.3 Å². The molecule has 0 aliphatic rings. The van der Waals surface area contributed by atoms with E-state index in [2.05, 4.69) is 22.2 Å². The summed E-state index contributed by atoms with van der Waals surface area (Å²) in [5.74, 6) is -0.119. The highest BCUT2D eigenvalue weighted by Crippen LogP contribution is 2.03. The lowest BCUT2D eigenvalue weighted by Gasteiger charge is -2.09. The fourth-order valence-corrected chi connectivity index (χ4v) is 1.09. The van der Waals surface area contributed by atoms with Crippen molar-refractivity contribution >= 4 is 17.7 Å². The molecule has 1 N–H and O–H groups in total. The Kier molecular flexibility index (Phi) is 4.39. The predicted octanol–water partition coefficient (Wildman–Crippen LogP) is 0.958. The molecule has 0 aliphatic heterocycles. The first kappa shape index (κ1) is 11.0. The summed E-state index contributed by atoms with van der Waals surface area (Å²) in [6.07, 6.45) is 6.43. The average molecular weight is 211 g/mol. The number of nitrogens with zero attached hydrogens (tertiary/aromatic N) is 2. The van der Waals surface area contributed by atoms with E-state index >= 15 is 0 Å². The first-order valence-electron chi connectivity index (χ1n) is 4.30. The minimum atomic E-state index is -0.119. The molecule has 4 nitrogen and oxygen atoms in total. The van der Waals surface area contributed by atoms with Gasteiger partial charge in [0.15, 0.2) is 0 Å². The van der Waals surface area contributed by atoms with Gasteiger partial charge in [-0.2, -0.15) is 11.8 Å². The highest BCUT2D eigenvalue weighted by Gasteiger charge is 2.06. The third-order valence-corrected chi connectivity index (χ3v) is 2.75. The zero-order valence-electron chi connectivity index (χ0n) is 8.23. The number of amides is 1. The third-order valence-electron chi connectivity index (χ3n) is 1.78. The fraction of sp³-hybridized carbons (Fsp3) is 0.444. The standard InChI is InChI=1S/C9H13N3OS/c1-7(14-2)3-12-9(13)8-4-10-6-11-5-8/h4-7H,3H2,1-2H3,(H,12,13). The quantitative estimate of drug-likeness (QED) is 0.806. The van der Waals surface area contributed by atoms with Gasteiger partial charge in [0.1, 0.15) is 6.33 Å². The molecule has 0 aromatic carbocycles. The average Bonchev–Trinajstić information content (AvgIpc) is 2.26. The Morgan fingerprint density at radius 3 is 2.79 bits per heavy atom. The van der Waals surface area contributed by atoms with Crippen LogP contribution in [0.1, 0.15) is 17.3 Å². The van der Waals surface area contributed by atoms with E-state index in [0.717, 1.165) is 0 Å². The summed E-state index contributed by atoms with van der Waals surface area (Å²) in [7, 11) is 0. The second-order valence-electron chi connectivity index (χ2n) is 2.88. The molecule has 1 unspecified atom stereocenters. The zero-order chi connectivity index (χ0) is 10.4. The number of carbonyl (C=O) groups is 1. The molecule has 0 radical (unpaired) electrons. The Balaban J connectivity index is 2.44. The second-order valence-corrected chi connectivity index (χ2v) is 4.16. The Morgan fingerprint density at radius 2 is 2.21 bits per heavy atom. The van der Waals surface area contributed by atoms with E-state index < -0.39 is 0 Å². The lowest BCUT2D eigenvalue weighted by molar-refractivity contribution is 0.0953. The summed E-state index contributed by atoms with van der Waals surface area (Å²) in [6.45, 7) is 2.72. The summed E-state index contributed by atoms with van der Waals surface area (Å²) in [5, 5.41) is 3.23. The van der Waals surface area contributed by atoms with Gasteiger partial charge in [-0.1, -0.05) is 6.92 Å². The molecule has 0 spiro atoms. The van der Waals surface area contributed by atoms with Gasteiger partial charge in [0, 0.05) is 24.2 Å².